The monoisotopic (exact) mass is 602 g/mol. The normalized spacial score (nSPS) is 24.9. The molecular weight excluding hydrogens is 565 g/mol. The van der Waals surface area contributed by atoms with Gasteiger partial charge in [-0.2, -0.15) is 13.2 Å². The van der Waals surface area contributed by atoms with Gasteiger partial charge in [-0.25, -0.2) is 0 Å². The van der Waals surface area contributed by atoms with Crippen molar-refractivity contribution in [3.8, 4) is 0 Å². The van der Waals surface area contributed by atoms with Crippen LogP contribution in [0.2, 0.25) is 0 Å². The largest absolute Gasteiger partial charge is 0.416 e. The van der Waals surface area contributed by atoms with Crippen LogP contribution in [0.5, 0.6) is 0 Å². The van der Waals surface area contributed by atoms with Crippen molar-refractivity contribution in [1.29, 1.82) is 0 Å². The van der Waals surface area contributed by atoms with E-state index in [1.165, 1.54) is 6.07 Å². The summed E-state index contributed by atoms with van der Waals surface area (Å²) in [5.41, 5.74) is -0.635. The van der Waals surface area contributed by atoms with Crippen LogP contribution >= 0.6 is 0 Å². The lowest BCUT2D eigenvalue weighted by Crippen LogP contribution is -2.45. The summed E-state index contributed by atoms with van der Waals surface area (Å²) < 4.78 is 44.1. The summed E-state index contributed by atoms with van der Waals surface area (Å²) in [4.78, 5) is 41.6. The molecule has 0 spiro atoms. The molecule has 2 aromatic rings. The Morgan fingerprint density at radius 3 is 2.33 bits per heavy atom. The van der Waals surface area contributed by atoms with Gasteiger partial charge in [0.15, 0.2) is 0 Å². The van der Waals surface area contributed by atoms with E-state index in [4.69, 9.17) is 4.74 Å². The molecule has 232 valence electrons. The Balaban J connectivity index is 1.05. The molecule has 2 saturated heterocycles. The van der Waals surface area contributed by atoms with E-state index >= 15 is 0 Å². The van der Waals surface area contributed by atoms with E-state index < -0.39 is 29.2 Å². The predicted molar refractivity (Wildman–Crippen MR) is 151 cm³/mol. The molecule has 2 aliphatic heterocycles. The Bertz CT molecular complexity index is 1310. The summed E-state index contributed by atoms with van der Waals surface area (Å²) in [5.74, 6) is -1.18. The molecule has 3 N–H and O–H groups in total. The third kappa shape index (κ3) is 7.54. The maximum Gasteiger partial charge on any atom is 0.416 e. The summed E-state index contributed by atoms with van der Waals surface area (Å²) in [7, 11) is 0. The van der Waals surface area contributed by atoms with Gasteiger partial charge in [-0.05, 0) is 68.0 Å². The number of aliphatic hydroxyl groups is 1. The Hall–Kier alpha value is -3.48. The fourth-order valence-electron chi connectivity index (χ4n) is 6.22. The van der Waals surface area contributed by atoms with Crippen molar-refractivity contribution in [1.82, 2.24) is 20.4 Å². The Morgan fingerprint density at radius 1 is 0.953 bits per heavy atom. The number of amides is 3. The number of carbonyl (C=O) groups is 3. The van der Waals surface area contributed by atoms with E-state index in [0.29, 0.717) is 51.3 Å². The average Bonchev–Trinajstić information content (AvgIpc) is 3.48. The molecule has 3 fully saturated rings. The molecule has 3 aliphatic rings. The Labute approximate surface area is 248 Å². The number of hydrogen-bond donors (Lipinski definition) is 3. The lowest BCUT2D eigenvalue weighted by atomic mass is 9.77. The molecule has 1 aliphatic carbocycles. The van der Waals surface area contributed by atoms with Crippen LogP contribution in [0.3, 0.4) is 0 Å². The second-order valence-electron chi connectivity index (χ2n) is 11.6. The summed E-state index contributed by atoms with van der Waals surface area (Å²) in [6, 6.07) is 11.5. The zero-order chi connectivity index (χ0) is 30.6. The first kappa shape index (κ1) is 31.0. The van der Waals surface area contributed by atoms with Crippen molar-refractivity contribution in [2.24, 2.45) is 0 Å². The molecule has 0 unspecified atom stereocenters. The minimum Gasteiger partial charge on any atom is -0.385 e. The number of likely N-dealkylation sites (tertiary alicyclic amines) is 1. The molecule has 0 radical (unpaired) electrons. The summed E-state index contributed by atoms with van der Waals surface area (Å²) >= 11 is 0. The number of hydrogen-bond acceptors (Lipinski definition) is 6. The van der Waals surface area contributed by atoms with Crippen molar-refractivity contribution in [2.75, 3.05) is 45.9 Å². The van der Waals surface area contributed by atoms with Crippen molar-refractivity contribution in [2.45, 2.75) is 56.0 Å². The summed E-state index contributed by atoms with van der Waals surface area (Å²) in [5, 5.41) is 16.7. The van der Waals surface area contributed by atoms with Gasteiger partial charge in [0.1, 0.15) is 0 Å². The number of carbonyl (C=O) groups excluding carboxylic acids is 3. The Morgan fingerprint density at radius 2 is 1.65 bits per heavy atom. The number of halogens is 3. The van der Waals surface area contributed by atoms with Gasteiger partial charge >= 0.3 is 6.18 Å². The van der Waals surface area contributed by atoms with Gasteiger partial charge in [0.2, 0.25) is 5.91 Å². The van der Waals surface area contributed by atoms with Gasteiger partial charge in [-0.3, -0.25) is 19.3 Å². The Kier molecular flexibility index (Phi) is 9.38. The maximum atomic E-state index is 12.9. The SMILES string of the molecule is O=C(CNC(=O)c1cccc(C(F)(F)F)c1)N[C@@H]1CCN(C2CCC(O)(c3ccc(C(=O)N4CCOCC4)cc3)CC2)C1. The zero-order valence-electron chi connectivity index (χ0n) is 23.9. The molecule has 43 heavy (non-hydrogen) atoms. The smallest absolute Gasteiger partial charge is 0.385 e. The second-order valence-corrected chi connectivity index (χ2v) is 11.6. The van der Waals surface area contributed by atoms with Crippen molar-refractivity contribution in [3.05, 3.63) is 70.8 Å². The number of morpholine rings is 1. The van der Waals surface area contributed by atoms with E-state index in [0.717, 1.165) is 49.6 Å². The molecule has 3 amide bonds. The van der Waals surface area contributed by atoms with E-state index in [1.54, 1.807) is 17.0 Å². The number of benzene rings is 2. The first-order valence-electron chi connectivity index (χ1n) is 14.7. The first-order chi connectivity index (χ1) is 20.5. The standard InChI is InChI=1S/C31H37F3N4O5/c32-31(33,34)24-3-1-2-22(18-24)28(40)35-19-27(39)36-25-10-13-38(20-25)26-8-11-30(42,12-9-26)23-6-4-21(5-7-23)29(41)37-14-16-43-17-15-37/h1-7,18,25-26,42H,8-17,19-20H2,(H,35,40)(H,36,39)/t25-,26?,30?/m1/s1. The second kappa shape index (κ2) is 13.0. The third-order valence-electron chi connectivity index (χ3n) is 8.71. The van der Waals surface area contributed by atoms with Crippen LogP contribution < -0.4 is 10.6 Å². The zero-order valence-corrected chi connectivity index (χ0v) is 23.9. The number of nitrogens with zero attached hydrogens (tertiary/aromatic N) is 2. The number of rotatable bonds is 7. The van der Waals surface area contributed by atoms with E-state index in [-0.39, 0.29) is 30.1 Å². The maximum absolute atomic E-state index is 12.9. The van der Waals surface area contributed by atoms with Gasteiger partial charge in [0, 0.05) is 49.4 Å². The highest BCUT2D eigenvalue weighted by Crippen LogP contribution is 2.39. The van der Waals surface area contributed by atoms with Crippen LogP contribution in [-0.4, -0.2) is 90.6 Å². The molecule has 9 nitrogen and oxygen atoms in total. The van der Waals surface area contributed by atoms with Gasteiger partial charge in [-0.15, -0.1) is 0 Å². The van der Waals surface area contributed by atoms with Crippen LogP contribution in [0.4, 0.5) is 13.2 Å². The molecule has 2 heterocycles. The summed E-state index contributed by atoms with van der Waals surface area (Å²) in [6.45, 7) is 3.34. The molecule has 1 atom stereocenters. The number of alkyl halides is 3. The highest BCUT2D eigenvalue weighted by Gasteiger charge is 2.39. The van der Waals surface area contributed by atoms with E-state index in [9.17, 15) is 32.7 Å². The van der Waals surface area contributed by atoms with Gasteiger partial charge < -0.3 is 25.4 Å². The molecule has 1 saturated carbocycles. The highest BCUT2D eigenvalue weighted by molar-refractivity contribution is 5.96. The highest BCUT2D eigenvalue weighted by atomic mass is 19.4. The van der Waals surface area contributed by atoms with Crippen LogP contribution in [0.25, 0.3) is 0 Å². The van der Waals surface area contributed by atoms with Crippen LogP contribution in [-0.2, 0) is 21.3 Å². The van der Waals surface area contributed by atoms with E-state index in [1.807, 2.05) is 12.1 Å². The average molecular weight is 603 g/mol. The minimum atomic E-state index is -4.56. The van der Waals surface area contributed by atoms with Crippen LogP contribution in [0.1, 0.15) is 63.9 Å². The predicted octanol–water partition coefficient (Wildman–Crippen LogP) is 2.93. The molecular formula is C31H37F3N4O5. The van der Waals surface area contributed by atoms with Crippen molar-refractivity contribution in [3.63, 3.8) is 0 Å². The molecule has 5 rings (SSSR count). The first-order valence-corrected chi connectivity index (χ1v) is 14.7. The van der Waals surface area contributed by atoms with Crippen molar-refractivity contribution >= 4 is 17.7 Å². The molecule has 0 bridgehead atoms. The minimum absolute atomic E-state index is 0.0284. The number of nitrogens with one attached hydrogen (secondary N) is 2. The lowest BCUT2D eigenvalue weighted by molar-refractivity contribution is -0.137. The fourth-order valence-corrected chi connectivity index (χ4v) is 6.22. The van der Waals surface area contributed by atoms with E-state index in [2.05, 4.69) is 15.5 Å². The fraction of sp³-hybridized carbons (Fsp3) is 0.516. The summed E-state index contributed by atoms with van der Waals surface area (Å²) in [6.07, 6.45) is -1.06. The quantitative estimate of drug-likeness (QED) is 0.450. The van der Waals surface area contributed by atoms with Gasteiger partial charge in [0.25, 0.3) is 11.8 Å². The van der Waals surface area contributed by atoms with Crippen LogP contribution in [0, 0.1) is 0 Å². The number of ether oxygens (including phenoxy) is 1. The molecule has 12 heteroatoms. The third-order valence-corrected chi connectivity index (χ3v) is 8.71. The van der Waals surface area contributed by atoms with Crippen molar-refractivity contribution < 1.29 is 37.4 Å². The molecule has 0 aromatic heterocycles. The topological polar surface area (TPSA) is 111 Å². The van der Waals surface area contributed by atoms with Gasteiger partial charge in [0.05, 0.1) is 30.9 Å². The van der Waals surface area contributed by atoms with Crippen LogP contribution in [0.15, 0.2) is 48.5 Å². The lowest BCUT2D eigenvalue weighted by Gasteiger charge is -2.40. The van der Waals surface area contributed by atoms with Gasteiger partial charge in [-0.1, -0.05) is 18.2 Å². The molecule has 2 aromatic carbocycles.